The molecule has 0 aromatic heterocycles. The van der Waals surface area contributed by atoms with Gasteiger partial charge in [0, 0.05) is 6.54 Å². The second kappa shape index (κ2) is 7.09. The SMILES string of the molecule is O=C1O[C@@H](COCc2ccccc2)CN1Cc1ccccc1. The molecule has 0 unspecified atom stereocenters. The lowest BCUT2D eigenvalue weighted by Gasteiger charge is -2.12. The van der Waals surface area contributed by atoms with E-state index in [0.29, 0.717) is 26.3 Å². The van der Waals surface area contributed by atoms with Crippen molar-refractivity contribution in [3.63, 3.8) is 0 Å². The number of cyclic esters (lactones) is 1. The van der Waals surface area contributed by atoms with E-state index >= 15 is 0 Å². The van der Waals surface area contributed by atoms with Crippen LogP contribution in [0.25, 0.3) is 0 Å². The maximum absolute atomic E-state index is 11.9. The zero-order valence-corrected chi connectivity index (χ0v) is 12.4. The first-order chi connectivity index (χ1) is 10.8. The number of rotatable bonds is 6. The van der Waals surface area contributed by atoms with Crippen molar-refractivity contribution in [2.45, 2.75) is 19.3 Å². The third-order valence-corrected chi connectivity index (χ3v) is 3.58. The maximum atomic E-state index is 11.9. The molecule has 0 bridgehead atoms. The van der Waals surface area contributed by atoms with E-state index in [-0.39, 0.29) is 12.2 Å². The van der Waals surface area contributed by atoms with Gasteiger partial charge >= 0.3 is 6.09 Å². The van der Waals surface area contributed by atoms with Crippen molar-refractivity contribution in [2.75, 3.05) is 13.2 Å². The van der Waals surface area contributed by atoms with Crippen molar-refractivity contribution in [1.29, 1.82) is 0 Å². The third kappa shape index (κ3) is 3.86. The molecule has 1 saturated heterocycles. The lowest BCUT2D eigenvalue weighted by atomic mass is 10.2. The monoisotopic (exact) mass is 297 g/mol. The summed E-state index contributed by atoms with van der Waals surface area (Å²) >= 11 is 0. The molecule has 22 heavy (non-hydrogen) atoms. The fourth-order valence-electron chi connectivity index (χ4n) is 2.48. The number of hydrogen-bond donors (Lipinski definition) is 0. The van der Waals surface area contributed by atoms with Crippen molar-refractivity contribution in [1.82, 2.24) is 4.90 Å². The van der Waals surface area contributed by atoms with E-state index in [1.807, 2.05) is 60.7 Å². The average molecular weight is 297 g/mol. The maximum Gasteiger partial charge on any atom is 0.410 e. The highest BCUT2D eigenvalue weighted by molar-refractivity contribution is 5.69. The van der Waals surface area contributed by atoms with Crippen LogP contribution in [0, 0.1) is 0 Å². The van der Waals surface area contributed by atoms with Crippen LogP contribution >= 0.6 is 0 Å². The molecule has 1 amide bonds. The first-order valence-corrected chi connectivity index (χ1v) is 7.42. The van der Waals surface area contributed by atoms with E-state index in [4.69, 9.17) is 9.47 Å². The molecule has 0 aliphatic carbocycles. The number of carbonyl (C=O) groups excluding carboxylic acids is 1. The zero-order valence-electron chi connectivity index (χ0n) is 12.4. The number of carbonyl (C=O) groups is 1. The summed E-state index contributed by atoms with van der Waals surface area (Å²) < 4.78 is 11.0. The molecule has 1 fully saturated rings. The van der Waals surface area contributed by atoms with Gasteiger partial charge in [0.1, 0.15) is 6.10 Å². The molecule has 4 nitrogen and oxygen atoms in total. The second-order valence-electron chi connectivity index (χ2n) is 5.37. The fourth-order valence-corrected chi connectivity index (χ4v) is 2.48. The number of benzene rings is 2. The molecule has 1 aliphatic rings. The quantitative estimate of drug-likeness (QED) is 0.821. The Labute approximate surface area is 130 Å². The summed E-state index contributed by atoms with van der Waals surface area (Å²) in [5, 5.41) is 0. The number of hydrogen-bond acceptors (Lipinski definition) is 3. The van der Waals surface area contributed by atoms with E-state index in [9.17, 15) is 4.79 Å². The van der Waals surface area contributed by atoms with Gasteiger partial charge in [-0.15, -0.1) is 0 Å². The Morgan fingerprint density at radius 1 is 1.00 bits per heavy atom. The summed E-state index contributed by atoms with van der Waals surface area (Å²) in [7, 11) is 0. The van der Waals surface area contributed by atoms with E-state index in [1.165, 1.54) is 0 Å². The highest BCUT2D eigenvalue weighted by Crippen LogP contribution is 2.15. The molecule has 0 N–H and O–H groups in total. The number of ether oxygens (including phenoxy) is 2. The smallest absolute Gasteiger partial charge is 0.410 e. The Bertz CT molecular complexity index is 600. The van der Waals surface area contributed by atoms with Crippen molar-refractivity contribution >= 4 is 6.09 Å². The summed E-state index contributed by atoms with van der Waals surface area (Å²) in [6.45, 7) is 2.11. The molecule has 2 aromatic carbocycles. The Morgan fingerprint density at radius 3 is 2.32 bits per heavy atom. The predicted molar refractivity (Wildman–Crippen MR) is 83.2 cm³/mol. The van der Waals surface area contributed by atoms with E-state index < -0.39 is 0 Å². The van der Waals surface area contributed by atoms with E-state index in [2.05, 4.69) is 0 Å². The molecular weight excluding hydrogens is 278 g/mol. The van der Waals surface area contributed by atoms with Crippen molar-refractivity contribution < 1.29 is 14.3 Å². The minimum absolute atomic E-state index is 0.195. The molecular formula is C18H19NO3. The molecule has 0 spiro atoms. The van der Waals surface area contributed by atoms with E-state index in [0.717, 1.165) is 11.1 Å². The Balaban J connectivity index is 1.45. The summed E-state index contributed by atoms with van der Waals surface area (Å²) in [6.07, 6.45) is -0.461. The molecule has 4 heteroatoms. The Morgan fingerprint density at radius 2 is 1.64 bits per heavy atom. The molecule has 0 radical (unpaired) electrons. The lowest BCUT2D eigenvalue weighted by Crippen LogP contribution is -2.25. The van der Waals surface area contributed by atoms with Gasteiger partial charge in [-0.2, -0.15) is 0 Å². The summed E-state index contributed by atoms with van der Waals surface area (Å²) in [4.78, 5) is 13.6. The topological polar surface area (TPSA) is 38.8 Å². The van der Waals surface area contributed by atoms with Crippen molar-refractivity contribution in [3.05, 3.63) is 71.8 Å². The van der Waals surface area contributed by atoms with Gasteiger partial charge in [0.2, 0.25) is 0 Å². The van der Waals surface area contributed by atoms with Crippen molar-refractivity contribution in [3.8, 4) is 0 Å². The van der Waals surface area contributed by atoms with Crippen LogP contribution in [0.5, 0.6) is 0 Å². The Hall–Kier alpha value is -2.33. The van der Waals surface area contributed by atoms with Gasteiger partial charge in [-0.1, -0.05) is 60.7 Å². The van der Waals surface area contributed by atoms with Crippen LogP contribution in [0.15, 0.2) is 60.7 Å². The van der Waals surface area contributed by atoms with Gasteiger partial charge < -0.3 is 14.4 Å². The molecule has 1 heterocycles. The first kappa shape index (κ1) is 14.6. The highest BCUT2D eigenvalue weighted by atomic mass is 16.6. The molecule has 1 aliphatic heterocycles. The summed E-state index contributed by atoms with van der Waals surface area (Å²) in [6, 6.07) is 19.9. The van der Waals surface area contributed by atoms with Gasteiger partial charge in [0.15, 0.2) is 0 Å². The standard InChI is InChI=1S/C18H19NO3/c20-18-19(11-15-7-3-1-4-8-15)12-17(22-18)14-21-13-16-9-5-2-6-10-16/h1-10,17H,11-14H2/t17-/m1/s1. The average Bonchev–Trinajstić information content (AvgIpc) is 2.89. The summed E-state index contributed by atoms with van der Waals surface area (Å²) in [5.74, 6) is 0. The van der Waals surface area contributed by atoms with E-state index in [1.54, 1.807) is 4.90 Å². The van der Waals surface area contributed by atoms with Gasteiger partial charge in [-0.3, -0.25) is 0 Å². The molecule has 0 saturated carbocycles. The fraction of sp³-hybridized carbons (Fsp3) is 0.278. The van der Waals surface area contributed by atoms with Crippen LogP contribution in [-0.2, 0) is 22.6 Å². The number of nitrogens with zero attached hydrogens (tertiary/aromatic N) is 1. The molecule has 1 atom stereocenters. The van der Waals surface area contributed by atoms with Crippen molar-refractivity contribution in [2.24, 2.45) is 0 Å². The molecule has 114 valence electrons. The van der Waals surface area contributed by atoms with Crippen LogP contribution in [0.4, 0.5) is 4.79 Å². The first-order valence-electron chi connectivity index (χ1n) is 7.42. The Kier molecular flexibility index (Phi) is 4.71. The minimum Gasteiger partial charge on any atom is -0.442 e. The lowest BCUT2D eigenvalue weighted by molar-refractivity contribution is 0.0381. The van der Waals surface area contributed by atoms with Crippen LogP contribution < -0.4 is 0 Å². The second-order valence-corrected chi connectivity index (χ2v) is 5.37. The zero-order chi connectivity index (χ0) is 15.2. The van der Waals surface area contributed by atoms with Gasteiger partial charge in [-0.25, -0.2) is 4.79 Å². The van der Waals surface area contributed by atoms with Gasteiger partial charge in [0.05, 0.1) is 19.8 Å². The van der Waals surface area contributed by atoms with Crippen LogP contribution in [0.2, 0.25) is 0 Å². The van der Waals surface area contributed by atoms with Gasteiger partial charge in [0.25, 0.3) is 0 Å². The van der Waals surface area contributed by atoms with Crippen LogP contribution in [0.1, 0.15) is 11.1 Å². The van der Waals surface area contributed by atoms with Crippen LogP contribution in [0.3, 0.4) is 0 Å². The molecule has 2 aromatic rings. The van der Waals surface area contributed by atoms with Crippen LogP contribution in [-0.4, -0.2) is 30.2 Å². The highest BCUT2D eigenvalue weighted by Gasteiger charge is 2.31. The largest absolute Gasteiger partial charge is 0.442 e. The minimum atomic E-state index is -0.267. The summed E-state index contributed by atoms with van der Waals surface area (Å²) in [5.41, 5.74) is 2.22. The molecule has 3 rings (SSSR count). The predicted octanol–water partition coefficient (Wildman–Crippen LogP) is 3.22. The third-order valence-electron chi connectivity index (χ3n) is 3.58. The van der Waals surface area contributed by atoms with Gasteiger partial charge in [-0.05, 0) is 11.1 Å². The number of amides is 1. The normalized spacial score (nSPS) is 17.5.